The van der Waals surface area contributed by atoms with Crippen LogP contribution >= 0.6 is 0 Å². The van der Waals surface area contributed by atoms with E-state index in [2.05, 4.69) is 21.4 Å². The quantitative estimate of drug-likeness (QED) is 0.882. The molecule has 2 aromatic heterocycles. The molecule has 0 aliphatic carbocycles. The van der Waals surface area contributed by atoms with Crippen molar-refractivity contribution in [3.8, 4) is 6.07 Å². The Bertz CT molecular complexity index is 677. The van der Waals surface area contributed by atoms with Crippen LogP contribution in [0.2, 0.25) is 0 Å². The fraction of sp³-hybridized carbons (Fsp3) is 0.429. The van der Waals surface area contributed by atoms with Crippen molar-refractivity contribution in [2.75, 3.05) is 18.0 Å². The van der Waals surface area contributed by atoms with Crippen LogP contribution in [0.25, 0.3) is 0 Å². The lowest BCUT2D eigenvalue weighted by molar-refractivity contribution is 0.0408. The molecule has 7 nitrogen and oxygen atoms in total. The maximum absolute atomic E-state index is 10.7. The normalized spacial score (nSPS) is 21.5. The van der Waals surface area contributed by atoms with Crippen LogP contribution in [0.4, 0.5) is 5.82 Å². The highest BCUT2D eigenvalue weighted by molar-refractivity contribution is 5.58. The minimum Gasteiger partial charge on any atom is -0.386 e. The van der Waals surface area contributed by atoms with Gasteiger partial charge in [0.1, 0.15) is 17.5 Å². The molecule has 2 aromatic rings. The van der Waals surface area contributed by atoms with Crippen molar-refractivity contribution in [2.24, 2.45) is 0 Å². The molecular weight excluding hydrogens is 268 g/mol. The maximum atomic E-state index is 10.7. The third-order valence-electron chi connectivity index (χ3n) is 3.81. The minimum atomic E-state index is -0.883. The fourth-order valence-electron chi connectivity index (χ4n) is 2.71. The standard InChI is InChI=1S/C14H16N6O/c1-11-2-4-16-13(12(11)8-15)19-6-3-14(21,9-19)10-20-7-5-17-18-20/h2,4-5,7,21H,3,6,9-10H2,1H3. The number of nitrogens with zero attached hydrogens (tertiary/aromatic N) is 6. The van der Waals surface area contributed by atoms with Gasteiger partial charge in [-0.05, 0) is 25.0 Å². The highest BCUT2D eigenvalue weighted by atomic mass is 16.3. The van der Waals surface area contributed by atoms with Crippen molar-refractivity contribution < 1.29 is 5.11 Å². The molecule has 1 aliphatic heterocycles. The van der Waals surface area contributed by atoms with Gasteiger partial charge in [-0.25, -0.2) is 9.67 Å². The Kier molecular flexibility index (Phi) is 3.31. The molecule has 3 heterocycles. The minimum absolute atomic E-state index is 0.386. The molecule has 1 aliphatic rings. The van der Waals surface area contributed by atoms with Gasteiger partial charge in [0.05, 0.1) is 24.8 Å². The second kappa shape index (κ2) is 5.14. The summed E-state index contributed by atoms with van der Waals surface area (Å²) in [5.41, 5.74) is 0.586. The molecular formula is C14H16N6O. The summed E-state index contributed by atoms with van der Waals surface area (Å²) in [7, 11) is 0. The lowest BCUT2D eigenvalue weighted by Crippen LogP contribution is -2.38. The molecule has 1 unspecified atom stereocenters. The zero-order valence-corrected chi connectivity index (χ0v) is 11.8. The van der Waals surface area contributed by atoms with Crippen molar-refractivity contribution >= 4 is 5.82 Å². The Morgan fingerprint density at radius 3 is 3.05 bits per heavy atom. The first kappa shape index (κ1) is 13.5. The summed E-state index contributed by atoms with van der Waals surface area (Å²) < 4.78 is 1.62. The Balaban J connectivity index is 1.81. The predicted octanol–water partition coefficient (Wildman–Crippen LogP) is 0.495. The van der Waals surface area contributed by atoms with Crippen LogP contribution in [0.1, 0.15) is 17.5 Å². The van der Waals surface area contributed by atoms with Gasteiger partial charge in [0.15, 0.2) is 0 Å². The molecule has 1 saturated heterocycles. The van der Waals surface area contributed by atoms with Gasteiger partial charge in [-0.3, -0.25) is 0 Å². The van der Waals surface area contributed by atoms with E-state index < -0.39 is 5.60 Å². The van der Waals surface area contributed by atoms with Gasteiger partial charge in [0.2, 0.25) is 0 Å². The number of aromatic nitrogens is 4. The van der Waals surface area contributed by atoms with E-state index in [9.17, 15) is 10.4 Å². The van der Waals surface area contributed by atoms with E-state index in [1.807, 2.05) is 17.9 Å². The number of hydrogen-bond acceptors (Lipinski definition) is 6. The molecule has 1 atom stereocenters. The van der Waals surface area contributed by atoms with Crippen molar-refractivity contribution in [3.05, 3.63) is 35.8 Å². The second-order valence-electron chi connectivity index (χ2n) is 5.43. The van der Waals surface area contributed by atoms with E-state index in [1.165, 1.54) is 0 Å². The molecule has 3 rings (SSSR count). The molecule has 0 radical (unpaired) electrons. The summed E-state index contributed by atoms with van der Waals surface area (Å²) in [6.45, 7) is 3.37. The Morgan fingerprint density at radius 2 is 2.33 bits per heavy atom. The van der Waals surface area contributed by atoms with Crippen LogP contribution in [0, 0.1) is 18.3 Å². The van der Waals surface area contributed by atoms with E-state index in [0.29, 0.717) is 37.4 Å². The van der Waals surface area contributed by atoms with Crippen molar-refractivity contribution in [1.82, 2.24) is 20.0 Å². The lowest BCUT2D eigenvalue weighted by Gasteiger charge is -2.24. The van der Waals surface area contributed by atoms with E-state index in [1.54, 1.807) is 23.3 Å². The number of aliphatic hydroxyl groups is 1. The first-order valence-corrected chi connectivity index (χ1v) is 6.78. The van der Waals surface area contributed by atoms with Crippen molar-refractivity contribution in [3.63, 3.8) is 0 Å². The van der Waals surface area contributed by atoms with E-state index in [-0.39, 0.29) is 0 Å². The van der Waals surface area contributed by atoms with Gasteiger partial charge < -0.3 is 10.0 Å². The van der Waals surface area contributed by atoms with E-state index in [0.717, 1.165) is 5.56 Å². The monoisotopic (exact) mass is 284 g/mol. The first-order valence-electron chi connectivity index (χ1n) is 6.78. The largest absolute Gasteiger partial charge is 0.386 e. The van der Waals surface area contributed by atoms with Crippen molar-refractivity contribution in [2.45, 2.75) is 25.5 Å². The van der Waals surface area contributed by atoms with Crippen LogP contribution in [-0.4, -0.2) is 43.8 Å². The number of hydrogen-bond donors (Lipinski definition) is 1. The molecule has 7 heteroatoms. The third kappa shape index (κ3) is 2.58. The molecule has 0 spiro atoms. The smallest absolute Gasteiger partial charge is 0.146 e. The summed E-state index contributed by atoms with van der Waals surface area (Å²) in [5, 5.41) is 27.6. The zero-order valence-electron chi connectivity index (χ0n) is 11.8. The van der Waals surface area contributed by atoms with Crippen molar-refractivity contribution in [1.29, 1.82) is 5.26 Å². The average Bonchev–Trinajstić information content (AvgIpc) is 3.09. The molecule has 0 bridgehead atoms. The lowest BCUT2D eigenvalue weighted by atomic mass is 10.0. The van der Waals surface area contributed by atoms with Gasteiger partial charge in [-0.2, -0.15) is 5.26 Å². The van der Waals surface area contributed by atoms with Gasteiger partial charge in [-0.1, -0.05) is 5.21 Å². The Labute approximate surface area is 122 Å². The Morgan fingerprint density at radius 1 is 1.48 bits per heavy atom. The van der Waals surface area contributed by atoms with Crippen LogP contribution in [0.15, 0.2) is 24.7 Å². The molecule has 108 valence electrons. The second-order valence-corrected chi connectivity index (χ2v) is 5.43. The van der Waals surface area contributed by atoms with Crippen LogP contribution in [-0.2, 0) is 6.54 Å². The highest BCUT2D eigenvalue weighted by Crippen LogP contribution is 2.29. The number of aryl methyl sites for hydroxylation is 1. The molecule has 0 saturated carbocycles. The first-order chi connectivity index (χ1) is 10.1. The Hall–Kier alpha value is -2.46. The summed E-state index contributed by atoms with van der Waals surface area (Å²) in [6, 6.07) is 4.02. The molecule has 0 amide bonds. The average molecular weight is 284 g/mol. The van der Waals surface area contributed by atoms with Gasteiger partial charge >= 0.3 is 0 Å². The number of anilines is 1. The van der Waals surface area contributed by atoms with E-state index in [4.69, 9.17) is 0 Å². The molecule has 1 N–H and O–H groups in total. The van der Waals surface area contributed by atoms with Crippen LogP contribution in [0.3, 0.4) is 0 Å². The molecule has 1 fully saturated rings. The topological polar surface area (TPSA) is 90.9 Å². The van der Waals surface area contributed by atoms with Crippen LogP contribution < -0.4 is 4.90 Å². The molecule has 0 aromatic carbocycles. The summed E-state index contributed by atoms with van der Waals surface area (Å²) in [4.78, 5) is 6.27. The highest BCUT2D eigenvalue weighted by Gasteiger charge is 2.38. The van der Waals surface area contributed by atoms with Gasteiger partial charge in [-0.15, -0.1) is 5.10 Å². The summed E-state index contributed by atoms with van der Waals surface area (Å²) >= 11 is 0. The zero-order chi connectivity index (χ0) is 14.9. The SMILES string of the molecule is Cc1ccnc(N2CCC(O)(Cn3ccnn3)C2)c1C#N. The number of pyridine rings is 1. The summed E-state index contributed by atoms with van der Waals surface area (Å²) in [6.07, 6.45) is 5.62. The number of rotatable bonds is 3. The van der Waals surface area contributed by atoms with Crippen LogP contribution in [0.5, 0.6) is 0 Å². The predicted molar refractivity (Wildman–Crippen MR) is 75.5 cm³/mol. The van der Waals surface area contributed by atoms with Gasteiger partial charge in [0.25, 0.3) is 0 Å². The third-order valence-corrected chi connectivity index (χ3v) is 3.81. The molecule has 21 heavy (non-hydrogen) atoms. The summed E-state index contributed by atoms with van der Waals surface area (Å²) in [5.74, 6) is 0.645. The maximum Gasteiger partial charge on any atom is 0.146 e. The fourth-order valence-corrected chi connectivity index (χ4v) is 2.71. The number of nitriles is 1. The number of β-amino-alcohol motifs (C(OH)–C–C–N with tert-alkyl or cyclic N) is 1. The van der Waals surface area contributed by atoms with E-state index >= 15 is 0 Å². The van der Waals surface area contributed by atoms with Gasteiger partial charge in [0, 0.05) is 18.9 Å².